The third kappa shape index (κ3) is 4.26. The number of hydrogen-bond acceptors (Lipinski definition) is 5. The first-order valence-electron chi connectivity index (χ1n) is 8.81. The van der Waals surface area contributed by atoms with Crippen LogP contribution in [0.2, 0.25) is 0 Å². The average molecular weight is 369 g/mol. The number of nitrogens with one attached hydrogen (secondary N) is 1. The van der Waals surface area contributed by atoms with Crippen molar-refractivity contribution < 1.29 is 4.79 Å². The van der Waals surface area contributed by atoms with Crippen molar-refractivity contribution in [3.05, 3.63) is 46.9 Å². The molecule has 5 nitrogen and oxygen atoms in total. The van der Waals surface area contributed by atoms with E-state index in [0.29, 0.717) is 5.82 Å². The quantitative estimate of drug-likeness (QED) is 0.791. The van der Waals surface area contributed by atoms with Gasteiger partial charge in [0.1, 0.15) is 5.82 Å². The minimum absolute atomic E-state index is 0.0400. The summed E-state index contributed by atoms with van der Waals surface area (Å²) in [4.78, 5) is 24.0. The van der Waals surface area contributed by atoms with Crippen LogP contribution in [-0.4, -0.2) is 41.6 Å². The summed E-state index contributed by atoms with van der Waals surface area (Å²) in [5.74, 6) is 0.437. The Hall–Kier alpha value is -2.31. The van der Waals surface area contributed by atoms with Gasteiger partial charge in [-0.1, -0.05) is 12.1 Å². The van der Waals surface area contributed by atoms with Crippen molar-refractivity contribution >= 4 is 30.0 Å². The van der Waals surface area contributed by atoms with E-state index in [-0.39, 0.29) is 11.9 Å². The number of likely N-dealkylation sites (tertiary alicyclic amines) is 1. The molecule has 0 bridgehead atoms. The molecular weight excluding hydrogens is 344 g/mol. The lowest BCUT2D eigenvalue weighted by Crippen LogP contribution is -2.43. The van der Waals surface area contributed by atoms with E-state index in [1.165, 1.54) is 0 Å². The summed E-state index contributed by atoms with van der Waals surface area (Å²) in [6, 6.07) is 6.07. The fourth-order valence-electron chi connectivity index (χ4n) is 3.10. The van der Waals surface area contributed by atoms with Gasteiger partial charge in [-0.2, -0.15) is 0 Å². The highest BCUT2D eigenvalue weighted by Gasteiger charge is 2.24. The molecule has 1 N–H and O–H groups in total. The van der Waals surface area contributed by atoms with Gasteiger partial charge < -0.3 is 5.32 Å². The Morgan fingerprint density at radius 2 is 2.19 bits per heavy atom. The minimum Gasteiger partial charge on any atom is -0.309 e. The molecule has 136 valence electrons. The Bertz CT molecular complexity index is 807. The van der Waals surface area contributed by atoms with Crippen LogP contribution in [0.1, 0.15) is 30.9 Å². The van der Waals surface area contributed by atoms with Crippen LogP contribution in [0, 0.1) is 6.92 Å². The van der Waals surface area contributed by atoms with Crippen LogP contribution in [0.3, 0.4) is 0 Å². The predicted molar refractivity (Wildman–Crippen MR) is 108 cm³/mol. The Labute approximate surface area is 158 Å². The van der Waals surface area contributed by atoms with Crippen molar-refractivity contribution in [1.29, 1.82) is 0 Å². The van der Waals surface area contributed by atoms with Gasteiger partial charge in [0.25, 0.3) is 0 Å². The van der Waals surface area contributed by atoms with Crippen molar-refractivity contribution in [2.75, 3.05) is 13.1 Å². The number of amides is 1. The van der Waals surface area contributed by atoms with Crippen molar-refractivity contribution in [1.82, 2.24) is 15.2 Å². The molecule has 26 heavy (non-hydrogen) atoms. The van der Waals surface area contributed by atoms with Crippen LogP contribution in [0.15, 0.2) is 40.7 Å². The molecule has 1 amide bonds. The summed E-state index contributed by atoms with van der Waals surface area (Å²) in [5.41, 5.74) is 5.04. The van der Waals surface area contributed by atoms with E-state index in [4.69, 9.17) is 0 Å². The van der Waals surface area contributed by atoms with Crippen LogP contribution in [0.5, 0.6) is 0 Å². The molecule has 6 heteroatoms. The maximum Gasteiger partial charge on any atom is 0.242 e. The number of carbonyl (C=O) groups excluding carboxylic acids is 1. The summed E-state index contributed by atoms with van der Waals surface area (Å²) in [6.45, 7) is 9.55. The van der Waals surface area contributed by atoms with E-state index in [2.05, 4.69) is 45.1 Å². The SMILES string of the molecule is C=N/C(=C\c1cc(-c2cncs2)ccc1C)NC(=O)C(C)N1CCCC1. The highest BCUT2D eigenvalue weighted by Crippen LogP contribution is 2.26. The number of aryl methyl sites for hydroxylation is 1. The van der Waals surface area contributed by atoms with E-state index >= 15 is 0 Å². The average Bonchev–Trinajstić information content (AvgIpc) is 3.35. The van der Waals surface area contributed by atoms with Crippen LogP contribution < -0.4 is 5.32 Å². The minimum atomic E-state index is -0.160. The lowest BCUT2D eigenvalue weighted by Gasteiger charge is -2.22. The fourth-order valence-corrected chi connectivity index (χ4v) is 3.72. The summed E-state index contributed by atoms with van der Waals surface area (Å²) in [7, 11) is 0. The molecule has 1 aromatic heterocycles. The predicted octanol–water partition coefficient (Wildman–Crippen LogP) is 3.72. The van der Waals surface area contributed by atoms with Crippen LogP contribution in [0.4, 0.5) is 0 Å². The summed E-state index contributed by atoms with van der Waals surface area (Å²) in [6.07, 6.45) is 6.05. The molecule has 1 saturated heterocycles. The standard InChI is InChI=1S/C20H24N4OS/c1-14-6-7-16(18-12-22-13-26-18)10-17(14)11-19(21-3)23-20(25)15(2)24-8-4-5-9-24/h6-7,10-13,15H,3-5,8-9H2,1-2H3,(H,23,25)/b19-11+. The summed E-state index contributed by atoms with van der Waals surface area (Å²) >= 11 is 1.60. The normalized spacial score (nSPS) is 16.5. The largest absolute Gasteiger partial charge is 0.309 e. The number of rotatable bonds is 6. The Morgan fingerprint density at radius 3 is 2.85 bits per heavy atom. The van der Waals surface area contributed by atoms with Crippen molar-refractivity contribution in [3.63, 3.8) is 0 Å². The third-order valence-electron chi connectivity index (χ3n) is 4.78. The molecule has 1 aliphatic rings. The lowest BCUT2D eigenvalue weighted by molar-refractivity contribution is -0.124. The first-order chi connectivity index (χ1) is 12.6. The van der Waals surface area contributed by atoms with E-state index in [0.717, 1.165) is 47.5 Å². The highest BCUT2D eigenvalue weighted by atomic mass is 32.1. The molecule has 0 radical (unpaired) electrons. The van der Waals surface area contributed by atoms with Gasteiger partial charge in [-0.3, -0.25) is 14.7 Å². The molecule has 2 aromatic rings. The molecule has 1 aliphatic heterocycles. The molecule has 1 atom stereocenters. The fraction of sp³-hybridized carbons (Fsp3) is 0.350. The summed E-state index contributed by atoms with van der Waals surface area (Å²) in [5, 5.41) is 2.91. The second kappa shape index (κ2) is 8.38. The van der Waals surface area contributed by atoms with Gasteiger partial charge in [0.05, 0.1) is 16.4 Å². The molecule has 0 saturated carbocycles. The molecule has 3 rings (SSSR count). The number of aromatic nitrogens is 1. The van der Waals surface area contributed by atoms with Crippen molar-refractivity contribution in [3.8, 4) is 10.4 Å². The Morgan fingerprint density at radius 1 is 1.42 bits per heavy atom. The Kier molecular flexibility index (Phi) is 5.96. The topological polar surface area (TPSA) is 57.6 Å². The van der Waals surface area contributed by atoms with Crippen molar-refractivity contribution in [2.24, 2.45) is 4.99 Å². The summed E-state index contributed by atoms with van der Waals surface area (Å²) < 4.78 is 0. The first kappa shape index (κ1) is 18.5. The molecule has 1 fully saturated rings. The molecular formula is C20H24N4OS. The number of aliphatic imine (C=N–C) groups is 1. The zero-order valence-electron chi connectivity index (χ0n) is 15.2. The molecule has 0 aliphatic carbocycles. The molecule has 0 spiro atoms. The lowest BCUT2D eigenvalue weighted by atomic mass is 10.0. The third-order valence-corrected chi connectivity index (χ3v) is 5.60. The van der Waals surface area contributed by atoms with Gasteiger partial charge in [0.2, 0.25) is 5.91 Å². The molecule has 1 aromatic carbocycles. The second-order valence-corrected chi connectivity index (χ2v) is 7.42. The van der Waals surface area contributed by atoms with Gasteiger partial charge in [-0.05, 0) is 75.3 Å². The van der Waals surface area contributed by atoms with Gasteiger partial charge in [0.15, 0.2) is 0 Å². The van der Waals surface area contributed by atoms with Gasteiger partial charge in [0, 0.05) is 6.20 Å². The maximum absolute atomic E-state index is 12.5. The van der Waals surface area contributed by atoms with E-state index in [9.17, 15) is 4.79 Å². The Balaban J connectivity index is 1.79. The van der Waals surface area contributed by atoms with Crippen LogP contribution in [-0.2, 0) is 4.79 Å². The first-order valence-corrected chi connectivity index (χ1v) is 9.69. The van der Waals surface area contributed by atoms with Crippen LogP contribution in [0.25, 0.3) is 16.5 Å². The highest BCUT2D eigenvalue weighted by molar-refractivity contribution is 7.13. The van der Waals surface area contributed by atoms with Gasteiger partial charge in [-0.25, -0.2) is 4.99 Å². The number of benzene rings is 1. The maximum atomic E-state index is 12.5. The zero-order chi connectivity index (χ0) is 18.5. The zero-order valence-corrected chi connectivity index (χ0v) is 16.1. The monoisotopic (exact) mass is 368 g/mol. The molecule has 1 unspecified atom stereocenters. The number of carbonyl (C=O) groups is 1. The molecule has 2 heterocycles. The van der Waals surface area contributed by atoms with E-state index in [1.807, 2.05) is 31.6 Å². The number of nitrogens with zero attached hydrogens (tertiary/aromatic N) is 3. The van der Waals surface area contributed by atoms with Crippen molar-refractivity contribution in [2.45, 2.75) is 32.7 Å². The van der Waals surface area contributed by atoms with E-state index in [1.54, 1.807) is 11.3 Å². The van der Waals surface area contributed by atoms with Gasteiger partial charge in [-0.15, -0.1) is 11.3 Å². The second-order valence-electron chi connectivity index (χ2n) is 6.53. The van der Waals surface area contributed by atoms with Gasteiger partial charge >= 0.3 is 0 Å². The smallest absolute Gasteiger partial charge is 0.242 e. The van der Waals surface area contributed by atoms with Crippen LogP contribution >= 0.6 is 11.3 Å². The number of thiazole rings is 1. The van der Waals surface area contributed by atoms with E-state index < -0.39 is 0 Å². The number of hydrogen-bond donors (Lipinski definition) is 1.